The monoisotopic (exact) mass is 242 g/mol. The molecular weight excluding hydrogens is 224 g/mol. The van der Waals surface area contributed by atoms with Crippen LogP contribution in [0.3, 0.4) is 0 Å². The third-order valence-electron chi connectivity index (χ3n) is 2.87. The van der Waals surface area contributed by atoms with E-state index in [9.17, 15) is 0 Å². The van der Waals surface area contributed by atoms with Crippen molar-refractivity contribution >= 4 is 0 Å². The zero-order valence-electron chi connectivity index (χ0n) is 11.0. The molecule has 4 heteroatoms. The van der Waals surface area contributed by atoms with Crippen LogP contribution in [0.15, 0.2) is 30.9 Å². The SMILES string of the molecule is CC(C)c1nccc(CC(C)c2ccncn2)n1. The van der Waals surface area contributed by atoms with Gasteiger partial charge in [0.15, 0.2) is 0 Å². The minimum absolute atomic E-state index is 0.336. The third-order valence-corrected chi connectivity index (χ3v) is 2.87. The molecule has 0 aliphatic rings. The van der Waals surface area contributed by atoms with Crippen LogP contribution in [-0.2, 0) is 6.42 Å². The Bertz CT molecular complexity index is 496. The lowest BCUT2D eigenvalue weighted by atomic mass is 10.0. The summed E-state index contributed by atoms with van der Waals surface area (Å²) in [5.74, 6) is 1.60. The number of nitrogens with zero attached hydrogens (tertiary/aromatic N) is 4. The van der Waals surface area contributed by atoms with Crippen LogP contribution in [0.2, 0.25) is 0 Å². The second-order valence-corrected chi connectivity index (χ2v) is 4.80. The van der Waals surface area contributed by atoms with Gasteiger partial charge in [-0.3, -0.25) is 0 Å². The summed E-state index contributed by atoms with van der Waals surface area (Å²) in [5, 5.41) is 0. The van der Waals surface area contributed by atoms with Gasteiger partial charge in [0.2, 0.25) is 0 Å². The molecule has 0 saturated heterocycles. The fourth-order valence-electron chi connectivity index (χ4n) is 1.82. The Morgan fingerprint density at radius 3 is 2.56 bits per heavy atom. The van der Waals surface area contributed by atoms with Crippen LogP contribution >= 0.6 is 0 Å². The van der Waals surface area contributed by atoms with Crippen molar-refractivity contribution in [2.24, 2.45) is 0 Å². The normalized spacial score (nSPS) is 12.7. The van der Waals surface area contributed by atoms with Gasteiger partial charge < -0.3 is 0 Å². The predicted octanol–water partition coefficient (Wildman–Crippen LogP) is 2.74. The summed E-state index contributed by atoms with van der Waals surface area (Å²) < 4.78 is 0. The van der Waals surface area contributed by atoms with Crippen molar-refractivity contribution in [3.05, 3.63) is 48.1 Å². The fourth-order valence-corrected chi connectivity index (χ4v) is 1.82. The summed E-state index contributed by atoms with van der Waals surface area (Å²) in [7, 11) is 0. The van der Waals surface area contributed by atoms with Crippen LogP contribution in [0, 0.1) is 0 Å². The molecular formula is C14H18N4. The first-order chi connectivity index (χ1) is 8.66. The molecule has 2 rings (SSSR count). The minimum atomic E-state index is 0.336. The Morgan fingerprint density at radius 2 is 1.89 bits per heavy atom. The van der Waals surface area contributed by atoms with E-state index in [0.717, 1.165) is 23.6 Å². The van der Waals surface area contributed by atoms with Crippen LogP contribution in [-0.4, -0.2) is 19.9 Å². The highest BCUT2D eigenvalue weighted by molar-refractivity contribution is 5.12. The molecule has 0 amide bonds. The highest BCUT2D eigenvalue weighted by Crippen LogP contribution is 2.17. The molecule has 0 aliphatic carbocycles. The van der Waals surface area contributed by atoms with Gasteiger partial charge in [-0.2, -0.15) is 0 Å². The molecule has 1 atom stereocenters. The van der Waals surface area contributed by atoms with Gasteiger partial charge in [-0.25, -0.2) is 19.9 Å². The highest BCUT2D eigenvalue weighted by Gasteiger charge is 2.10. The van der Waals surface area contributed by atoms with Crippen molar-refractivity contribution in [1.82, 2.24) is 19.9 Å². The topological polar surface area (TPSA) is 51.6 Å². The van der Waals surface area contributed by atoms with Crippen molar-refractivity contribution < 1.29 is 0 Å². The lowest BCUT2D eigenvalue weighted by Gasteiger charge is -2.11. The summed E-state index contributed by atoms with van der Waals surface area (Å²) in [6.45, 7) is 6.36. The largest absolute Gasteiger partial charge is 0.245 e. The van der Waals surface area contributed by atoms with E-state index in [1.165, 1.54) is 0 Å². The van der Waals surface area contributed by atoms with Gasteiger partial charge in [0.25, 0.3) is 0 Å². The molecule has 0 fully saturated rings. The molecule has 2 heterocycles. The Hall–Kier alpha value is -1.84. The second-order valence-electron chi connectivity index (χ2n) is 4.80. The van der Waals surface area contributed by atoms with Crippen LogP contribution in [0.25, 0.3) is 0 Å². The standard InChI is InChI=1S/C14H18N4/c1-10(2)14-16-7-4-12(18-14)8-11(3)13-5-6-15-9-17-13/h4-7,9-11H,8H2,1-3H3. The summed E-state index contributed by atoms with van der Waals surface area (Å²) in [4.78, 5) is 17.1. The molecule has 94 valence electrons. The first-order valence-electron chi connectivity index (χ1n) is 6.24. The lowest BCUT2D eigenvalue weighted by Crippen LogP contribution is -2.06. The van der Waals surface area contributed by atoms with Crippen molar-refractivity contribution in [2.75, 3.05) is 0 Å². The zero-order valence-corrected chi connectivity index (χ0v) is 11.0. The molecule has 18 heavy (non-hydrogen) atoms. The molecule has 2 aromatic heterocycles. The first kappa shape index (κ1) is 12.6. The molecule has 0 saturated carbocycles. The van der Waals surface area contributed by atoms with E-state index >= 15 is 0 Å². The van der Waals surface area contributed by atoms with Crippen molar-refractivity contribution in [2.45, 2.75) is 39.0 Å². The van der Waals surface area contributed by atoms with E-state index in [-0.39, 0.29) is 0 Å². The first-order valence-corrected chi connectivity index (χ1v) is 6.24. The maximum atomic E-state index is 4.58. The highest BCUT2D eigenvalue weighted by atomic mass is 14.9. The minimum Gasteiger partial charge on any atom is -0.245 e. The molecule has 1 unspecified atom stereocenters. The van der Waals surface area contributed by atoms with E-state index in [4.69, 9.17) is 0 Å². The predicted molar refractivity (Wildman–Crippen MR) is 70.3 cm³/mol. The summed E-state index contributed by atoms with van der Waals surface area (Å²) in [6, 6.07) is 3.93. The zero-order chi connectivity index (χ0) is 13.0. The maximum absolute atomic E-state index is 4.58. The van der Waals surface area contributed by atoms with Gasteiger partial charge in [-0.05, 0) is 18.6 Å². The molecule has 4 nitrogen and oxygen atoms in total. The Balaban J connectivity index is 2.12. The van der Waals surface area contributed by atoms with Gasteiger partial charge >= 0.3 is 0 Å². The number of aromatic nitrogens is 4. The van der Waals surface area contributed by atoms with Gasteiger partial charge in [0.1, 0.15) is 12.2 Å². The van der Waals surface area contributed by atoms with E-state index < -0.39 is 0 Å². The molecule has 0 radical (unpaired) electrons. The number of hydrogen-bond donors (Lipinski definition) is 0. The van der Waals surface area contributed by atoms with Crippen LogP contribution in [0.5, 0.6) is 0 Å². The van der Waals surface area contributed by atoms with Crippen molar-refractivity contribution in [3.8, 4) is 0 Å². The van der Waals surface area contributed by atoms with E-state index in [1.807, 2.05) is 18.3 Å². The van der Waals surface area contributed by atoms with Crippen LogP contribution in [0.1, 0.15) is 49.8 Å². The molecule has 0 aromatic carbocycles. The lowest BCUT2D eigenvalue weighted by molar-refractivity contribution is 0.689. The molecule has 0 aliphatic heterocycles. The van der Waals surface area contributed by atoms with E-state index in [0.29, 0.717) is 11.8 Å². The average molecular weight is 242 g/mol. The molecule has 0 spiro atoms. The average Bonchev–Trinajstić information content (AvgIpc) is 2.40. The van der Waals surface area contributed by atoms with Crippen molar-refractivity contribution in [3.63, 3.8) is 0 Å². The van der Waals surface area contributed by atoms with Crippen molar-refractivity contribution in [1.29, 1.82) is 0 Å². The van der Waals surface area contributed by atoms with E-state index in [1.54, 1.807) is 12.5 Å². The smallest absolute Gasteiger partial charge is 0.131 e. The number of hydrogen-bond acceptors (Lipinski definition) is 4. The Morgan fingerprint density at radius 1 is 1.06 bits per heavy atom. The Labute approximate surface area is 108 Å². The van der Waals surface area contributed by atoms with Crippen LogP contribution < -0.4 is 0 Å². The maximum Gasteiger partial charge on any atom is 0.131 e. The summed E-state index contributed by atoms with van der Waals surface area (Å²) >= 11 is 0. The van der Waals surface area contributed by atoms with Gasteiger partial charge in [-0.15, -0.1) is 0 Å². The van der Waals surface area contributed by atoms with Gasteiger partial charge in [0, 0.05) is 35.6 Å². The third kappa shape index (κ3) is 3.09. The second kappa shape index (κ2) is 5.67. The molecule has 0 bridgehead atoms. The van der Waals surface area contributed by atoms with Crippen LogP contribution in [0.4, 0.5) is 0 Å². The molecule has 2 aromatic rings. The summed E-state index contributed by atoms with van der Waals surface area (Å²) in [6.07, 6.45) is 6.08. The van der Waals surface area contributed by atoms with E-state index in [2.05, 4.69) is 40.7 Å². The quantitative estimate of drug-likeness (QED) is 0.827. The van der Waals surface area contributed by atoms with Gasteiger partial charge in [-0.1, -0.05) is 20.8 Å². The number of rotatable bonds is 4. The molecule has 0 N–H and O–H groups in total. The Kier molecular flexibility index (Phi) is 3.97. The van der Waals surface area contributed by atoms with Gasteiger partial charge in [0.05, 0.1) is 0 Å². The fraction of sp³-hybridized carbons (Fsp3) is 0.429. The summed E-state index contributed by atoms with van der Waals surface area (Å²) in [5.41, 5.74) is 2.12.